The lowest BCUT2D eigenvalue weighted by molar-refractivity contribution is -0.107. The summed E-state index contributed by atoms with van der Waals surface area (Å²) in [5, 5.41) is 0.239. The molecule has 0 aromatic rings. The Balaban J connectivity index is 2.68. The lowest BCUT2D eigenvalue weighted by atomic mass is 10.1. The molecule has 1 aliphatic heterocycles. The maximum Gasteiger partial charge on any atom is 0.216 e. The van der Waals surface area contributed by atoms with Crippen LogP contribution in [-0.4, -0.2) is 10.9 Å². The molecule has 3 heteroatoms. The first-order valence-electron chi connectivity index (χ1n) is 3.83. The van der Waals surface area contributed by atoms with Gasteiger partial charge < -0.3 is 0 Å². The zero-order valence-corrected chi connectivity index (χ0v) is 8.30. The normalized spacial score (nSPS) is 22.5. The third kappa shape index (κ3) is 2.27. The summed E-state index contributed by atoms with van der Waals surface area (Å²) in [4.78, 5) is 12.1. The van der Waals surface area contributed by atoms with Gasteiger partial charge in [-0.05, 0) is 17.7 Å². The summed E-state index contributed by atoms with van der Waals surface area (Å²) >= 11 is 5.72. The zero-order valence-electron chi connectivity index (χ0n) is 6.59. The van der Waals surface area contributed by atoms with Crippen molar-refractivity contribution in [1.29, 1.82) is 0 Å². The van der Waals surface area contributed by atoms with E-state index in [-0.39, 0.29) is 5.12 Å². The van der Waals surface area contributed by atoms with Gasteiger partial charge in [0.05, 0.1) is 0 Å². The molecule has 0 saturated carbocycles. The van der Waals surface area contributed by atoms with E-state index in [0.717, 1.165) is 35.5 Å². The number of hydrogen-bond donors (Lipinski definition) is 1. The Kier molecular flexibility index (Phi) is 3.52. The van der Waals surface area contributed by atoms with Crippen molar-refractivity contribution in [2.24, 2.45) is 0 Å². The van der Waals surface area contributed by atoms with Crippen molar-refractivity contribution in [1.82, 2.24) is 0 Å². The highest BCUT2D eigenvalue weighted by Gasteiger charge is 2.19. The average Bonchev–Trinajstić information content (AvgIpc) is 2.36. The second kappa shape index (κ2) is 4.21. The molecular weight excluding hydrogens is 176 g/mol. The van der Waals surface area contributed by atoms with Crippen LogP contribution in [-0.2, 0) is 4.79 Å². The molecule has 1 heterocycles. The number of carbonyl (C=O) groups excluding carboxylic acids is 1. The molecule has 0 radical (unpaired) electrons. The van der Waals surface area contributed by atoms with Crippen LogP contribution in [0.4, 0.5) is 0 Å². The van der Waals surface area contributed by atoms with E-state index in [1.807, 2.05) is 0 Å². The van der Waals surface area contributed by atoms with Crippen LogP contribution in [0.25, 0.3) is 0 Å². The van der Waals surface area contributed by atoms with Crippen molar-refractivity contribution in [2.45, 2.75) is 26.2 Å². The lowest BCUT2D eigenvalue weighted by Gasteiger charge is -1.99. The molecule has 0 N–H and O–H groups in total. The van der Waals surface area contributed by atoms with Gasteiger partial charge in [-0.3, -0.25) is 4.79 Å². The molecule has 1 saturated heterocycles. The van der Waals surface area contributed by atoms with Crippen LogP contribution < -0.4 is 0 Å². The predicted octanol–water partition coefficient (Wildman–Crippen LogP) is 2.63. The smallest absolute Gasteiger partial charge is 0.216 e. The molecule has 1 rings (SSSR count). The topological polar surface area (TPSA) is 17.1 Å². The van der Waals surface area contributed by atoms with Crippen molar-refractivity contribution < 1.29 is 4.79 Å². The van der Waals surface area contributed by atoms with Crippen LogP contribution in [0.5, 0.6) is 0 Å². The highest BCUT2D eigenvalue weighted by Crippen LogP contribution is 2.30. The Labute approximate surface area is 77.0 Å². The number of rotatable bonds is 2. The molecule has 1 nitrogen and oxygen atoms in total. The summed E-state index contributed by atoms with van der Waals surface area (Å²) in [5.41, 5.74) is 0.959. The molecule has 0 aromatic carbocycles. The van der Waals surface area contributed by atoms with Crippen LogP contribution in [0.1, 0.15) is 26.2 Å². The Morgan fingerprint density at radius 1 is 1.73 bits per heavy atom. The highest BCUT2D eigenvalue weighted by molar-refractivity contribution is 8.14. The van der Waals surface area contributed by atoms with Gasteiger partial charge >= 0.3 is 0 Å². The summed E-state index contributed by atoms with van der Waals surface area (Å²) in [7, 11) is 0. The van der Waals surface area contributed by atoms with E-state index >= 15 is 0 Å². The molecule has 0 bridgehead atoms. The fraction of sp³-hybridized carbons (Fsp3) is 0.625. The first-order valence-corrected chi connectivity index (χ1v) is 5.27. The molecule has 62 valence electrons. The van der Waals surface area contributed by atoms with Crippen molar-refractivity contribution >= 4 is 29.5 Å². The monoisotopic (exact) mass is 188 g/mol. The van der Waals surface area contributed by atoms with Crippen LogP contribution in [0.3, 0.4) is 0 Å². The van der Waals surface area contributed by atoms with Gasteiger partial charge in [0.1, 0.15) is 0 Å². The van der Waals surface area contributed by atoms with Crippen molar-refractivity contribution in [2.75, 3.05) is 5.75 Å². The van der Waals surface area contributed by atoms with Crippen LogP contribution in [0.15, 0.2) is 10.5 Å². The Morgan fingerprint density at radius 3 is 2.91 bits per heavy atom. The lowest BCUT2D eigenvalue weighted by Crippen LogP contribution is -1.91. The fourth-order valence-electron chi connectivity index (χ4n) is 1.08. The van der Waals surface area contributed by atoms with Crippen molar-refractivity contribution in [3.8, 4) is 0 Å². The van der Waals surface area contributed by atoms with Gasteiger partial charge in [-0.1, -0.05) is 25.1 Å². The molecular formula is C8H12OS2. The van der Waals surface area contributed by atoms with Gasteiger partial charge in [-0.15, -0.1) is 12.6 Å². The third-order valence-electron chi connectivity index (χ3n) is 1.67. The molecule has 11 heavy (non-hydrogen) atoms. The molecule has 0 amide bonds. The summed E-state index contributed by atoms with van der Waals surface area (Å²) in [6.07, 6.45) is 2.94. The summed E-state index contributed by atoms with van der Waals surface area (Å²) in [6, 6.07) is 0. The summed E-state index contributed by atoms with van der Waals surface area (Å²) in [6.45, 7) is 2.10. The van der Waals surface area contributed by atoms with E-state index < -0.39 is 0 Å². The maximum atomic E-state index is 11.1. The molecule has 1 aliphatic rings. The SMILES string of the molecule is CCC/C(S)=C1\CCSC1=O. The first-order chi connectivity index (χ1) is 5.25. The Morgan fingerprint density at radius 2 is 2.45 bits per heavy atom. The summed E-state index contributed by atoms with van der Waals surface area (Å²) in [5.74, 6) is 0.946. The van der Waals surface area contributed by atoms with Gasteiger partial charge in [-0.2, -0.15) is 0 Å². The number of thiol groups is 1. The summed E-state index contributed by atoms with van der Waals surface area (Å²) < 4.78 is 0. The molecule has 0 unspecified atom stereocenters. The minimum Gasteiger partial charge on any atom is -0.282 e. The highest BCUT2D eigenvalue weighted by atomic mass is 32.2. The van der Waals surface area contributed by atoms with Crippen molar-refractivity contribution in [3.05, 3.63) is 10.5 Å². The zero-order chi connectivity index (χ0) is 8.27. The number of thioether (sulfide) groups is 1. The van der Waals surface area contributed by atoms with Crippen LogP contribution >= 0.6 is 24.4 Å². The number of allylic oxidation sites excluding steroid dienone is 1. The molecule has 0 spiro atoms. The van der Waals surface area contributed by atoms with E-state index in [4.69, 9.17) is 0 Å². The van der Waals surface area contributed by atoms with Crippen molar-refractivity contribution in [3.63, 3.8) is 0 Å². The van der Waals surface area contributed by atoms with Crippen LogP contribution in [0, 0.1) is 0 Å². The van der Waals surface area contributed by atoms with E-state index in [9.17, 15) is 4.79 Å². The predicted molar refractivity (Wildman–Crippen MR) is 53.0 cm³/mol. The van der Waals surface area contributed by atoms with E-state index in [1.54, 1.807) is 0 Å². The second-order valence-electron chi connectivity index (χ2n) is 2.56. The quantitative estimate of drug-likeness (QED) is 0.530. The first kappa shape index (κ1) is 9.20. The van der Waals surface area contributed by atoms with Gasteiger partial charge in [0, 0.05) is 11.3 Å². The van der Waals surface area contributed by atoms with Crippen LogP contribution in [0.2, 0.25) is 0 Å². The van der Waals surface area contributed by atoms with Gasteiger partial charge in [0.15, 0.2) is 0 Å². The third-order valence-corrected chi connectivity index (χ3v) is 3.08. The minimum atomic E-state index is 0.239. The minimum absolute atomic E-state index is 0.239. The second-order valence-corrected chi connectivity index (χ2v) is 4.17. The molecule has 1 fully saturated rings. The fourth-order valence-corrected chi connectivity index (χ4v) is 2.49. The Hall–Kier alpha value is 0.110. The van der Waals surface area contributed by atoms with E-state index in [0.29, 0.717) is 0 Å². The molecule has 0 aromatic heterocycles. The van der Waals surface area contributed by atoms with Gasteiger partial charge in [0.25, 0.3) is 0 Å². The van der Waals surface area contributed by atoms with E-state index in [2.05, 4.69) is 19.6 Å². The standard InChI is InChI=1S/C8H12OS2/c1-2-3-7(10)6-4-5-11-8(6)9/h10H,2-5H2,1H3/b7-6-. The van der Waals surface area contributed by atoms with Gasteiger partial charge in [0.2, 0.25) is 5.12 Å². The average molecular weight is 188 g/mol. The Bertz CT molecular complexity index is 196. The van der Waals surface area contributed by atoms with Gasteiger partial charge in [-0.25, -0.2) is 0 Å². The van der Waals surface area contributed by atoms with E-state index in [1.165, 1.54) is 11.8 Å². The number of carbonyl (C=O) groups is 1. The molecule has 0 aliphatic carbocycles. The number of hydrogen-bond acceptors (Lipinski definition) is 3. The largest absolute Gasteiger partial charge is 0.282 e. The maximum absolute atomic E-state index is 11.1. The molecule has 0 atom stereocenters.